The van der Waals surface area contributed by atoms with Gasteiger partial charge in [0.1, 0.15) is 5.60 Å². The minimum atomic E-state index is -0.999. The van der Waals surface area contributed by atoms with Gasteiger partial charge >= 0.3 is 0 Å². The molecule has 2 heteroatoms. The molecule has 3 rings (SSSR count). The molecule has 1 aliphatic rings. The van der Waals surface area contributed by atoms with Crippen LogP contribution in [0.5, 0.6) is 0 Å². The third-order valence-corrected chi connectivity index (χ3v) is 4.73. The van der Waals surface area contributed by atoms with Crippen molar-refractivity contribution in [2.24, 2.45) is 0 Å². The smallest absolute Gasteiger partial charge is 0.182 e. The molecule has 2 aromatic rings. The second-order valence-electron chi connectivity index (χ2n) is 6.11. The summed E-state index contributed by atoms with van der Waals surface area (Å²) in [7, 11) is 1.64. The maximum Gasteiger partial charge on any atom is 0.182 e. The zero-order valence-electron chi connectivity index (χ0n) is 13.5. The van der Waals surface area contributed by atoms with Gasteiger partial charge in [-0.1, -0.05) is 73.2 Å². The Labute approximate surface area is 138 Å². The average Bonchev–Trinajstić information content (AvgIpc) is 3.06. The standard InChI is InChI=1S/C21H22O2/c1-23-21(19-12-6-3-7-13-19,20(22)15-8-9-16-20)17-14-18-10-4-2-5-11-18/h2-7,10-13,22H,8-9,15-16H2,1H3. The predicted molar refractivity (Wildman–Crippen MR) is 91.9 cm³/mol. The first kappa shape index (κ1) is 15.8. The molecular weight excluding hydrogens is 284 g/mol. The number of ether oxygens (including phenoxy) is 1. The zero-order valence-corrected chi connectivity index (χ0v) is 13.5. The number of hydrogen-bond acceptors (Lipinski definition) is 2. The molecule has 1 saturated carbocycles. The van der Waals surface area contributed by atoms with Crippen molar-refractivity contribution in [1.29, 1.82) is 0 Å². The van der Waals surface area contributed by atoms with E-state index in [9.17, 15) is 5.11 Å². The molecule has 0 aliphatic heterocycles. The van der Waals surface area contributed by atoms with E-state index in [1.165, 1.54) is 0 Å². The molecule has 2 nitrogen and oxygen atoms in total. The second kappa shape index (κ2) is 6.58. The zero-order chi connectivity index (χ0) is 16.2. The maximum absolute atomic E-state index is 11.3. The van der Waals surface area contributed by atoms with Crippen molar-refractivity contribution >= 4 is 0 Å². The Hall–Kier alpha value is -2.08. The second-order valence-corrected chi connectivity index (χ2v) is 6.11. The SMILES string of the molecule is COC(C#Cc1ccccc1)(c1ccccc1)C1(O)CCCC1. The summed E-state index contributed by atoms with van der Waals surface area (Å²) >= 11 is 0. The highest BCUT2D eigenvalue weighted by Gasteiger charge is 2.52. The van der Waals surface area contributed by atoms with Crippen LogP contribution in [0.15, 0.2) is 60.7 Å². The third-order valence-electron chi connectivity index (χ3n) is 4.73. The van der Waals surface area contributed by atoms with Crippen LogP contribution in [-0.4, -0.2) is 17.8 Å². The summed E-state index contributed by atoms with van der Waals surface area (Å²) in [5.74, 6) is 6.48. The van der Waals surface area contributed by atoms with Crippen molar-refractivity contribution in [1.82, 2.24) is 0 Å². The van der Waals surface area contributed by atoms with Crippen LogP contribution in [0.1, 0.15) is 36.8 Å². The van der Waals surface area contributed by atoms with E-state index in [0.29, 0.717) is 12.8 Å². The van der Waals surface area contributed by atoms with E-state index in [1.807, 2.05) is 60.7 Å². The van der Waals surface area contributed by atoms with Crippen molar-refractivity contribution in [2.75, 3.05) is 7.11 Å². The largest absolute Gasteiger partial charge is 0.385 e. The van der Waals surface area contributed by atoms with Gasteiger partial charge in [-0.2, -0.15) is 0 Å². The molecule has 1 unspecified atom stereocenters. The lowest BCUT2D eigenvalue weighted by molar-refractivity contribution is -0.138. The summed E-state index contributed by atoms with van der Waals surface area (Å²) < 4.78 is 5.91. The minimum Gasteiger partial charge on any atom is -0.385 e. The summed E-state index contributed by atoms with van der Waals surface area (Å²) in [5, 5.41) is 11.3. The van der Waals surface area contributed by atoms with Gasteiger partial charge in [0.05, 0.1) is 0 Å². The lowest BCUT2D eigenvalue weighted by Gasteiger charge is -2.41. The molecule has 1 atom stereocenters. The first-order valence-corrected chi connectivity index (χ1v) is 8.11. The molecule has 0 spiro atoms. The molecule has 0 amide bonds. The summed E-state index contributed by atoms with van der Waals surface area (Å²) in [4.78, 5) is 0. The quantitative estimate of drug-likeness (QED) is 0.872. The monoisotopic (exact) mass is 306 g/mol. The van der Waals surface area contributed by atoms with Gasteiger partial charge in [-0.15, -0.1) is 0 Å². The van der Waals surface area contributed by atoms with E-state index in [4.69, 9.17) is 4.74 Å². The average molecular weight is 306 g/mol. The van der Waals surface area contributed by atoms with Crippen LogP contribution in [0.2, 0.25) is 0 Å². The number of benzene rings is 2. The molecule has 1 aliphatic carbocycles. The Morgan fingerprint density at radius 1 is 0.957 bits per heavy atom. The number of aliphatic hydroxyl groups is 1. The molecule has 0 bridgehead atoms. The first-order chi connectivity index (χ1) is 11.2. The fourth-order valence-corrected chi connectivity index (χ4v) is 3.48. The maximum atomic E-state index is 11.3. The molecule has 0 heterocycles. The summed E-state index contributed by atoms with van der Waals surface area (Å²) in [5.41, 5.74) is -0.118. The Bertz CT molecular complexity index is 691. The Balaban J connectivity index is 2.12. The van der Waals surface area contributed by atoms with E-state index < -0.39 is 11.2 Å². The summed E-state index contributed by atoms with van der Waals surface area (Å²) in [6.45, 7) is 0. The van der Waals surface area contributed by atoms with E-state index in [2.05, 4.69) is 11.8 Å². The predicted octanol–water partition coefficient (Wildman–Crippen LogP) is 3.89. The molecule has 0 saturated heterocycles. The van der Waals surface area contributed by atoms with Gasteiger partial charge in [0.2, 0.25) is 0 Å². The van der Waals surface area contributed by atoms with Gasteiger partial charge in [0.15, 0.2) is 5.60 Å². The van der Waals surface area contributed by atoms with E-state index >= 15 is 0 Å². The van der Waals surface area contributed by atoms with Gasteiger partial charge in [-0.05, 0) is 30.5 Å². The normalized spacial score (nSPS) is 18.7. The summed E-state index contributed by atoms with van der Waals surface area (Å²) in [6, 6.07) is 19.7. The van der Waals surface area contributed by atoms with Crippen LogP contribution >= 0.6 is 0 Å². The van der Waals surface area contributed by atoms with Gasteiger partial charge in [0.25, 0.3) is 0 Å². The molecule has 1 fully saturated rings. The highest BCUT2D eigenvalue weighted by molar-refractivity contribution is 5.43. The molecule has 23 heavy (non-hydrogen) atoms. The van der Waals surface area contributed by atoms with Crippen molar-refractivity contribution < 1.29 is 9.84 Å². The van der Waals surface area contributed by atoms with Crippen molar-refractivity contribution in [3.05, 3.63) is 71.8 Å². The van der Waals surface area contributed by atoms with Crippen LogP contribution < -0.4 is 0 Å². The highest BCUT2D eigenvalue weighted by Crippen LogP contribution is 2.46. The van der Waals surface area contributed by atoms with Crippen LogP contribution in [0, 0.1) is 11.8 Å². The molecule has 2 aromatic carbocycles. The van der Waals surface area contributed by atoms with Gasteiger partial charge in [-0.25, -0.2) is 0 Å². The van der Waals surface area contributed by atoms with Gasteiger partial charge in [-0.3, -0.25) is 0 Å². The van der Waals surface area contributed by atoms with E-state index in [1.54, 1.807) is 7.11 Å². The molecule has 0 radical (unpaired) electrons. The fraction of sp³-hybridized carbons (Fsp3) is 0.333. The topological polar surface area (TPSA) is 29.5 Å². The van der Waals surface area contributed by atoms with Crippen LogP contribution in [0.3, 0.4) is 0 Å². The number of methoxy groups -OCH3 is 1. The number of rotatable bonds is 3. The first-order valence-electron chi connectivity index (χ1n) is 8.11. The Kier molecular flexibility index (Phi) is 4.52. The molecule has 1 N–H and O–H groups in total. The van der Waals surface area contributed by atoms with Crippen LogP contribution in [-0.2, 0) is 10.3 Å². The molecule has 118 valence electrons. The van der Waals surface area contributed by atoms with Crippen molar-refractivity contribution in [3.8, 4) is 11.8 Å². The highest BCUT2D eigenvalue weighted by atomic mass is 16.5. The lowest BCUT2D eigenvalue weighted by atomic mass is 9.76. The molecule has 0 aromatic heterocycles. The number of hydrogen-bond donors (Lipinski definition) is 1. The Morgan fingerprint density at radius 2 is 1.52 bits per heavy atom. The van der Waals surface area contributed by atoms with Crippen LogP contribution in [0.25, 0.3) is 0 Å². The van der Waals surface area contributed by atoms with Crippen molar-refractivity contribution in [2.45, 2.75) is 36.9 Å². The van der Waals surface area contributed by atoms with Gasteiger partial charge in [0, 0.05) is 12.7 Å². The van der Waals surface area contributed by atoms with E-state index in [0.717, 1.165) is 24.0 Å². The van der Waals surface area contributed by atoms with Crippen molar-refractivity contribution in [3.63, 3.8) is 0 Å². The fourth-order valence-electron chi connectivity index (χ4n) is 3.48. The minimum absolute atomic E-state index is 0.708. The van der Waals surface area contributed by atoms with Crippen LogP contribution in [0.4, 0.5) is 0 Å². The third kappa shape index (κ3) is 2.91. The Morgan fingerprint density at radius 3 is 2.09 bits per heavy atom. The van der Waals surface area contributed by atoms with Gasteiger partial charge < -0.3 is 9.84 Å². The molecular formula is C21H22O2. The summed E-state index contributed by atoms with van der Waals surface area (Å²) in [6.07, 6.45) is 3.42. The van der Waals surface area contributed by atoms with E-state index in [-0.39, 0.29) is 0 Å². The lowest BCUT2D eigenvalue weighted by Crippen LogP contribution is -2.50.